The van der Waals surface area contributed by atoms with Gasteiger partial charge in [-0.1, -0.05) is 65.1 Å². The molecule has 0 spiro atoms. The Balaban J connectivity index is 1.82. The summed E-state index contributed by atoms with van der Waals surface area (Å²) in [6, 6.07) is 13.7. The van der Waals surface area contributed by atoms with Gasteiger partial charge in [-0.15, -0.1) is 0 Å². The summed E-state index contributed by atoms with van der Waals surface area (Å²) >= 11 is 17.7. The highest BCUT2D eigenvalue weighted by Crippen LogP contribution is 2.31. The van der Waals surface area contributed by atoms with Crippen LogP contribution in [0.25, 0.3) is 11.3 Å². The van der Waals surface area contributed by atoms with Gasteiger partial charge in [-0.2, -0.15) is 0 Å². The Labute approximate surface area is 166 Å². The number of sulfonamides is 1. The molecule has 0 aliphatic carbocycles. The lowest BCUT2D eigenvalue weighted by Crippen LogP contribution is -2.24. The third-order valence-electron chi connectivity index (χ3n) is 3.50. The normalized spacial score (nSPS) is 11.5. The van der Waals surface area contributed by atoms with Crippen molar-refractivity contribution in [2.45, 2.75) is 11.4 Å². The topological polar surface area (TPSA) is 72.0 Å². The van der Waals surface area contributed by atoms with Gasteiger partial charge in [0.2, 0.25) is 10.0 Å². The fourth-order valence-electron chi connectivity index (χ4n) is 2.22. The first kappa shape index (κ1) is 19.1. The minimum atomic E-state index is -3.89. The molecule has 1 N–H and O–H groups in total. The van der Waals surface area contributed by atoms with Crippen LogP contribution in [0.4, 0.5) is 0 Å². The molecular weight excluding hydrogens is 417 g/mol. The van der Waals surface area contributed by atoms with E-state index in [4.69, 9.17) is 34.8 Å². The minimum absolute atomic E-state index is 0.0143. The lowest BCUT2D eigenvalue weighted by molar-refractivity contribution is 0.580. The van der Waals surface area contributed by atoms with Gasteiger partial charge in [-0.25, -0.2) is 23.1 Å². The molecule has 1 heterocycles. The van der Waals surface area contributed by atoms with Crippen LogP contribution in [0.3, 0.4) is 0 Å². The highest BCUT2D eigenvalue weighted by atomic mass is 35.5. The predicted octanol–water partition coefficient (Wildman–Crippen LogP) is 4.58. The Kier molecular flexibility index (Phi) is 5.79. The Morgan fingerprint density at radius 2 is 1.58 bits per heavy atom. The van der Waals surface area contributed by atoms with E-state index in [1.807, 2.05) is 30.3 Å². The molecule has 26 heavy (non-hydrogen) atoms. The van der Waals surface area contributed by atoms with E-state index in [1.165, 1.54) is 18.5 Å². The van der Waals surface area contributed by atoms with Gasteiger partial charge in [-0.3, -0.25) is 0 Å². The number of halogens is 3. The van der Waals surface area contributed by atoms with E-state index in [2.05, 4.69) is 14.7 Å². The van der Waals surface area contributed by atoms with Crippen molar-refractivity contribution in [1.29, 1.82) is 0 Å². The third kappa shape index (κ3) is 4.34. The van der Waals surface area contributed by atoms with E-state index < -0.39 is 10.0 Å². The molecule has 1 aromatic heterocycles. The van der Waals surface area contributed by atoms with E-state index >= 15 is 0 Å². The van der Waals surface area contributed by atoms with Gasteiger partial charge in [0.15, 0.2) is 0 Å². The zero-order valence-electron chi connectivity index (χ0n) is 13.2. The van der Waals surface area contributed by atoms with Crippen molar-refractivity contribution in [2.75, 3.05) is 0 Å². The first-order chi connectivity index (χ1) is 12.4. The second kappa shape index (κ2) is 7.90. The summed E-state index contributed by atoms with van der Waals surface area (Å²) in [5.41, 5.74) is 2.12. The van der Waals surface area contributed by atoms with Crippen LogP contribution in [0.1, 0.15) is 5.69 Å². The summed E-state index contributed by atoms with van der Waals surface area (Å²) in [6.45, 7) is -0.0265. The van der Waals surface area contributed by atoms with Crippen LogP contribution in [0.5, 0.6) is 0 Å². The zero-order chi connectivity index (χ0) is 18.7. The van der Waals surface area contributed by atoms with Crippen molar-refractivity contribution in [3.8, 4) is 11.3 Å². The summed E-state index contributed by atoms with van der Waals surface area (Å²) in [5.74, 6) is 0. The molecule has 0 unspecified atom stereocenters. The lowest BCUT2D eigenvalue weighted by Gasteiger charge is -2.10. The average Bonchev–Trinajstić information content (AvgIpc) is 2.64. The van der Waals surface area contributed by atoms with Crippen LogP contribution >= 0.6 is 34.8 Å². The van der Waals surface area contributed by atoms with Crippen LogP contribution in [0, 0.1) is 0 Å². The van der Waals surface area contributed by atoms with Crippen molar-refractivity contribution in [3.63, 3.8) is 0 Å². The maximum Gasteiger partial charge on any atom is 0.242 e. The molecule has 0 fully saturated rings. The number of rotatable bonds is 5. The van der Waals surface area contributed by atoms with Crippen molar-refractivity contribution in [3.05, 3.63) is 75.6 Å². The molecule has 3 aromatic rings. The molecule has 9 heteroatoms. The van der Waals surface area contributed by atoms with Gasteiger partial charge >= 0.3 is 0 Å². The average molecular weight is 429 g/mol. The molecule has 3 rings (SSSR count). The predicted molar refractivity (Wildman–Crippen MR) is 103 cm³/mol. The van der Waals surface area contributed by atoms with E-state index in [0.717, 1.165) is 5.56 Å². The maximum absolute atomic E-state index is 12.5. The summed E-state index contributed by atoms with van der Waals surface area (Å²) in [4.78, 5) is 8.16. The highest BCUT2D eigenvalue weighted by Gasteiger charge is 2.20. The van der Waals surface area contributed by atoms with Crippen LogP contribution in [0.15, 0.2) is 59.8 Å². The molecule has 0 bridgehead atoms. The fraction of sp³-hybridized carbons (Fsp3) is 0.0588. The first-order valence-electron chi connectivity index (χ1n) is 7.37. The summed E-state index contributed by atoms with van der Waals surface area (Å²) < 4.78 is 27.5. The van der Waals surface area contributed by atoms with Crippen LogP contribution in [0.2, 0.25) is 15.1 Å². The second-order valence-electron chi connectivity index (χ2n) is 5.28. The van der Waals surface area contributed by atoms with E-state index in [0.29, 0.717) is 11.4 Å². The van der Waals surface area contributed by atoms with Crippen molar-refractivity contribution in [2.24, 2.45) is 0 Å². The highest BCUT2D eigenvalue weighted by molar-refractivity contribution is 7.89. The molecule has 0 aliphatic heterocycles. The van der Waals surface area contributed by atoms with Gasteiger partial charge < -0.3 is 0 Å². The number of nitrogens with one attached hydrogen (secondary N) is 1. The van der Waals surface area contributed by atoms with Gasteiger partial charge in [0.05, 0.1) is 33.0 Å². The van der Waals surface area contributed by atoms with Crippen LogP contribution in [-0.2, 0) is 16.6 Å². The Hall–Kier alpha value is -1.70. The smallest absolute Gasteiger partial charge is 0.240 e. The summed E-state index contributed by atoms with van der Waals surface area (Å²) in [6.07, 6.45) is 1.39. The standard InChI is InChI=1S/C17H12Cl3N3O2S/c18-13-7-15(20)17(8-14(13)19)26(24,25)23-9-12-6-16(22-10-21-12)11-4-2-1-3-5-11/h1-8,10,23H,9H2. The van der Waals surface area contributed by atoms with Gasteiger partial charge in [-0.05, 0) is 18.2 Å². The molecule has 0 aliphatic rings. The van der Waals surface area contributed by atoms with E-state index in [9.17, 15) is 8.42 Å². The SMILES string of the molecule is O=S(=O)(NCc1cc(-c2ccccc2)ncn1)c1cc(Cl)c(Cl)cc1Cl. The molecule has 134 valence electrons. The zero-order valence-corrected chi connectivity index (χ0v) is 16.2. The van der Waals surface area contributed by atoms with Crippen LogP contribution < -0.4 is 4.72 Å². The van der Waals surface area contributed by atoms with Gasteiger partial charge in [0, 0.05) is 5.56 Å². The number of hydrogen-bond donors (Lipinski definition) is 1. The quantitative estimate of drug-likeness (QED) is 0.604. The Bertz CT molecular complexity index is 1040. The van der Waals surface area contributed by atoms with E-state index in [-0.39, 0.29) is 26.5 Å². The summed E-state index contributed by atoms with van der Waals surface area (Å²) in [5, 5.41) is 0.267. The molecule has 5 nitrogen and oxygen atoms in total. The van der Waals surface area contributed by atoms with Crippen molar-refractivity contribution in [1.82, 2.24) is 14.7 Å². The summed E-state index contributed by atoms with van der Waals surface area (Å²) in [7, 11) is -3.89. The molecule has 0 atom stereocenters. The number of benzene rings is 2. The number of nitrogens with zero attached hydrogens (tertiary/aromatic N) is 2. The fourth-order valence-corrected chi connectivity index (χ4v) is 4.22. The second-order valence-corrected chi connectivity index (χ2v) is 8.24. The monoisotopic (exact) mass is 427 g/mol. The van der Waals surface area contributed by atoms with Gasteiger partial charge in [0.1, 0.15) is 11.2 Å². The molecule has 0 radical (unpaired) electrons. The lowest BCUT2D eigenvalue weighted by atomic mass is 10.1. The van der Waals surface area contributed by atoms with E-state index in [1.54, 1.807) is 6.07 Å². The van der Waals surface area contributed by atoms with Gasteiger partial charge in [0.25, 0.3) is 0 Å². The van der Waals surface area contributed by atoms with Crippen molar-refractivity contribution >= 4 is 44.8 Å². The molecule has 0 amide bonds. The minimum Gasteiger partial charge on any atom is -0.240 e. The molecule has 2 aromatic carbocycles. The largest absolute Gasteiger partial charge is 0.242 e. The van der Waals surface area contributed by atoms with Crippen molar-refractivity contribution < 1.29 is 8.42 Å². The molecule has 0 saturated heterocycles. The van der Waals surface area contributed by atoms with Crippen LogP contribution in [-0.4, -0.2) is 18.4 Å². The maximum atomic E-state index is 12.5. The first-order valence-corrected chi connectivity index (χ1v) is 9.99. The third-order valence-corrected chi connectivity index (χ3v) is 6.09. The molecular formula is C17H12Cl3N3O2S. The number of aromatic nitrogens is 2. The molecule has 0 saturated carbocycles. The number of hydrogen-bond acceptors (Lipinski definition) is 4. The Morgan fingerprint density at radius 3 is 2.31 bits per heavy atom. The Morgan fingerprint density at radius 1 is 0.885 bits per heavy atom.